The summed E-state index contributed by atoms with van der Waals surface area (Å²) in [4.78, 5) is 175. The highest BCUT2D eigenvalue weighted by molar-refractivity contribution is 6.37. The van der Waals surface area contributed by atoms with Crippen molar-refractivity contribution in [3.63, 3.8) is 0 Å². The van der Waals surface area contributed by atoms with Crippen molar-refractivity contribution in [2.75, 3.05) is 45.8 Å². The molecule has 0 bridgehead atoms. The number of aryl methyl sites for hydroxylation is 5. The van der Waals surface area contributed by atoms with E-state index in [1.807, 2.05) is 13.8 Å². The molecular formula is C98H150Cl3N17O23. The number of carboxylic acids is 2. The second-order valence-electron chi connectivity index (χ2n) is 40.7. The van der Waals surface area contributed by atoms with Gasteiger partial charge in [-0.2, -0.15) is 49.8 Å². The number of aliphatic carboxylic acids is 1. The maximum absolute atomic E-state index is 12.6. The van der Waals surface area contributed by atoms with E-state index < -0.39 is 35.8 Å². The van der Waals surface area contributed by atoms with Gasteiger partial charge in [0.05, 0.1) is 47.1 Å². The topological polar surface area (TPSA) is 538 Å². The summed E-state index contributed by atoms with van der Waals surface area (Å²) in [5.41, 5.74) is 5.43. The number of hydrogen-bond donors (Lipinski definition) is 5. The average molecular weight is 2040 g/mol. The lowest BCUT2D eigenvalue weighted by atomic mass is 9.71. The van der Waals surface area contributed by atoms with Crippen molar-refractivity contribution in [3.8, 4) is 5.75 Å². The van der Waals surface area contributed by atoms with Gasteiger partial charge in [-0.05, 0) is 273 Å². The van der Waals surface area contributed by atoms with Crippen LogP contribution in [-0.4, -0.2) is 192 Å². The van der Waals surface area contributed by atoms with Gasteiger partial charge >= 0.3 is 48.1 Å². The summed E-state index contributed by atoms with van der Waals surface area (Å²) in [5.74, 6) is -3.67. The van der Waals surface area contributed by atoms with Gasteiger partial charge in [0.15, 0.2) is 22.8 Å². The van der Waals surface area contributed by atoms with Crippen molar-refractivity contribution in [2.24, 2.45) is 89.8 Å². The number of halogens is 3. The molecule has 6 aliphatic rings. The Morgan fingerprint density at radius 3 is 1.04 bits per heavy atom. The van der Waals surface area contributed by atoms with Crippen LogP contribution in [0.3, 0.4) is 0 Å². The number of amides is 2. The molecule has 11 rings (SSSR count). The van der Waals surface area contributed by atoms with Crippen molar-refractivity contribution >= 4 is 112 Å². The van der Waals surface area contributed by atoms with E-state index in [-0.39, 0.29) is 149 Å². The fraction of sp³-hybridized carbons (Fsp3) is 0.704. The van der Waals surface area contributed by atoms with Gasteiger partial charge in [0, 0.05) is 78.9 Å². The van der Waals surface area contributed by atoms with Crippen LogP contribution < -0.4 is 33.0 Å². The first-order valence-corrected chi connectivity index (χ1v) is 49.3. The number of aromatic hydroxyl groups is 1. The standard InChI is InChI=1S/C17H30N2O3.C16H22ClN7O2.C16H23ClN2O3.C16H24N2O4.C14H19ClN2O3.C10H18O2.C7H14N2O2.2CO2/c1-6-14(16(21)22-7-2)18-19(5)15(20)12-13-8-10-17(3,4)11-9-13;1-16(2)7-5-9(6-8-16)10-11(17)12(20-23(3)14(10)26)13(25)18-15-19-21-22-24(15)4;1-5-22-15(21)13-12(17)11(14(20)19(4)18-13)10-6-8-16(2,3)9-7-10;1-5-22-15(21)12-13(19)11(14(20)18(4)17-12)10-6-8-16(2,3)9-7-10;1-14(2)6-4-8(5-7-14)9-10(15)11(13(19)20)16-17(3)12(9)18;1-10(2)5-3-8(4-6-10)7-9(11)12;1-4-6(9-8-3)7(10)11-5-2;2*2-1-3/h13H,6-12H2,1-5H3;9H,5-8H2,1-4H3,(H,18,19,22,25);10H,5-9H2,1-4H3;10,19H,5-9H2,1-4H3;8H,4-7H2,1-3H3,(H,19,20);8H,3-7H2,1-2H3,(H,11,12);8H,4-5H2,1-3H3;;/b18-14+;;;;;;9-6+;;. The third kappa shape index (κ3) is 39.3. The molecule has 0 radical (unpaired) electrons. The van der Waals surface area contributed by atoms with Gasteiger partial charge in [-0.3, -0.25) is 38.9 Å². The summed E-state index contributed by atoms with van der Waals surface area (Å²) < 4.78 is 25.4. The maximum Gasteiger partial charge on any atom is 0.373 e. The molecule has 786 valence electrons. The zero-order valence-electron chi connectivity index (χ0n) is 86.9. The van der Waals surface area contributed by atoms with Crippen molar-refractivity contribution in [1.29, 1.82) is 0 Å². The molecule has 0 spiro atoms. The van der Waals surface area contributed by atoms with Crippen LogP contribution in [0.4, 0.5) is 5.95 Å². The Bertz CT molecular complexity index is 5280. The molecule has 0 aromatic carbocycles. The average Bonchev–Trinajstić information content (AvgIpc) is 0.882. The second kappa shape index (κ2) is 57.9. The predicted octanol–water partition coefficient (Wildman–Crippen LogP) is 15.8. The molecular weight excluding hydrogens is 1890 g/mol. The molecule has 0 atom stereocenters. The molecule has 0 unspecified atom stereocenters. The molecule has 5 N–H and O–H groups in total. The third-order valence-corrected chi connectivity index (χ3v) is 27.7. The number of carboxylic acid groups (broad SMARTS) is 2. The number of esters is 4. The highest BCUT2D eigenvalue weighted by Gasteiger charge is 2.39. The van der Waals surface area contributed by atoms with E-state index >= 15 is 0 Å². The quantitative estimate of drug-likeness (QED) is 0.0175. The van der Waals surface area contributed by atoms with Crippen molar-refractivity contribution in [1.82, 2.24) is 69.8 Å². The Balaban J connectivity index is 0.000000424. The minimum Gasteiger partial charge on any atom is -0.505 e. The number of hydrazone groups is 2. The largest absolute Gasteiger partial charge is 0.505 e. The molecule has 2 amide bonds. The Hall–Kier alpha value is -11.1. The Labute approximate surface area is 840 Å². The van der Waals surface area contributed by atoms with E-state index in [0.717, 1.165) is 138 Å². The van der Waals surface area contributed by atoms with Crippen LogP contribution in [0.2, 0.25) is 15.1 Å². The highest BCUT2D eigenvalue weighted by Crippen LogP contribution is 2.49. The van der Waals surface area contributed by atoms with Crippen molar-refractivity contribution < 1.29 is 91.8 Å². The van der Waals surface area contributed by atoms with Crippen molar-refractivity contribution in [2.45, 2.75) is 328 Å². The van der Waals surface area contributed by atoms with Crippen LogP contribution in [0.1, 0.15) is 392 Å². The molecule has 5 heterocycles. The molecule has 40 nitrogen and oxygen atoms in total. The van der Waals surface area contributed by atoms with Gasteiger partial charge in [-0.1, -0.05) is 137 Å². The second-order valence-corrected chi connectivity index (χ2v) is 41.8. The summed E-state index contributed by atoms with van der Waals surface area (Å²) in [6.45, 7) is 38.6. The molecule has 6 fully saturated rings. The maximum atomic E-state index is 12.6. The Morgan fingerprint density at radius 1 is 0.433 bits per heavy atom. The predicted molar refractivity (Wildman–Crippen MR) is 529 cm³/mol. The number of anilines is 1. The number of aromatic nitrogens is 12. The van der Waals surface area contributed by atoms with E-state index in [1.54, 1.807) is 48.8 Å². The molecule has 0 aliphatic heterocycles. The SMILES string of the molecule is CC1(C)CCC(CC(=O)O)CC1.CCOC(=O)/C(CC)=N/N(C)C(=O)CC1CCC(C)(C)CC1.CCOC(=O)/C(CC)=N/NC.CCOC(=O)c1nn(C)c(=O)c(C2CCC(C)(C)CC2)c1Cl.CCOC(=O)c1nn(C)c(=O)c(C2CCC(C)(C)CC2)c1O.Cn1nc(C(=O)O)c(Cl)c(C2CCC(C)(C)CC2)c1=O.Cn1nnnc1NC(=O)c1nn(C)c(=O)c(C2CCC(C)(C)CC2)c1Cl.O=C=O.O=C=O. The van der Waals surface area contributed by atoms with Crippen LogP contribution in [0, 0.1) is 44.3 Å². The third-order valence-electron chi connectivity index (χ3n) is 26.5. The summed E-state index contributed by atoms with van der Waals surface area (Å²) in [7, 11) is 10.9. The highest BCUT2D eigenvalue weighted by atomic mass is 35.5. The fourth-order valence-corrected chi connectivity index (χ4v) is 18.5. The van der Waals surface area contributed by atoms with Gasteiger partial charge in [0.1, 0.15) is 11.4 Å². The lowest BCUT2D eigenvalue weighted by Crippen LogP contribution is -2.32. The normalized spacial score (nSPS) is 17.5. The zero-order chi connectivity index (χ0) is 107. The first-order valence-electron chi connectivity index (χ1n) is 48.2. The number of hydrogen-bond acceptors (Lipinski definition) is 31. The summed E-state index contributed by atoms with van der Waals surface area (Å²) in [6, 6.07) is 0. The number of carbonyl (C=O) groups excluding carboxylic acids is 10. The van der Waals surface area contributed by atoms with Crippen LogP contribution in [0.25, 0.3) is 0 Å². The van der Waals surface area contributed by atoms with Crippen molar-refractivity contribution in [3.05, 3.63) is 102 Å². The van der Waals surface area contributed by atoms with E-state index in [1.165, 1.54) is 72.9 Å². The van der Waals surface area contributed by atoms with Gasteiger partial charge < -0.3 is 39.7 Å². The number of aromatic carboxylic acids is 1. The minimum atomic E-state index is -1.21. The molecule has 43 heteroatoms. The Kier molecular flexibility index (Phi) is 50.9. The molecule has 6 saturated carbocycles. The van der Waals surface area contributed by atoms with Crippen LogP contribution in [0.15, 0.2) is 29.4 Å². The lowest BCUT2D eigenvalue weighted by molar-refractivity contribution is -0.193. The van der Waals surface area contributed by atoms with E-state index in [0.29, 0.717) is 101 Å². The van der Waals surface area contributed by atoms with E-state index in [4.69, 9.17) is 83.1 Å². The van der Waals surface area contributed by atoms with Gasteiger partial charge in [-0.25, -0.2) is 52.4 Å². The van der Waals surface area contributed by atoms with Gasteiger partial charge in [-0.15, -0.1) is 0 Å². The van der Waals surface area contributed by atoms with Gasteiger partial charge in [0.2, 0.25) is 17.5 Å². The Morgan fingerprint density at radius 2 is 0.723 bits per heavy atom. The molecule has 5 aromatic rings. The zero-order valence-corrected chi connectivity index (χ0v) is 89.2. The number of ether oxygens (including phenoxy) is 4. The van der Waals surface area contributed by atoms with E-state index in [2.05, 4.69) is 140 Å². The summed E-state index contributed by atoms with van der Waals surface area (Å²) in [5, 5.41) is 66.6. The first kappa shape index (κ1) is 124. The van der Waals surface area contributed by atoms with Crippen LogP contribution in [0.5, 0.6) is 5.75 Å². The van der Waals surface area contributed by atoms with Gasteiger partial charge in [0.25, 0.3) is 28.1 Å². The molecule has 6 aliphatic carbocycles. The lowest BCUT2D eigenvalue weighted by Gasteiger charge is -2.34. The number of nitrogens with one attached hydrogen (secondary N) is 2. The fourth-order valence-electron chi connectivity index (χ4n) is 17.5. The molecule has 0 saturated heterocycles. The summed E-state index contributed by atoms with van der Waals surface area (Å²) in [6.07, 6.45) is 26.4. The van der Waals surface area contributed by atoms with Crippen LogP contribution >= 0.6 is 34.8 Å². The first-order chi connectivity index (χ1) is 65.8. The molecule has 141 heavy (non-hydrogen) atoms. The van der Waals surface area contributed by atoms with E-state index in [9.17, 15) is 62.6 Å². The minimum absolute atomic E-state index is 0.00315. The number of rotatable bonds is 23. The number of carbonyl (C=O) groups is 8. The summed E-state index contributed by atoms with van der Waals surface area (Å²) >= 11 is 18.9. The smallest absolute Gasteiger partial charge is 0.373 e. The number of nitrogens with zero attached hydrogens (tertiary/aromatic N) is 15. The molecule has 5 aromatic heterocycles. The monoisotopic (exact) mass is 2040 g/mol. The number of tetrazole rings is 1. The van der Waals surface area contributed by atoms with Crippen LogP contribution in [-0.2, 0) is 92.5 Å².